The van der Waals surface area contributed by atoms with Crippen molar-refractivity contribution in [2.45, 2.75) is 122 Å². The van der Waals surface area contributed by atoms with Crippen LogP contribution >= 0.6 is 344 Å². The SMILES string of the molecule is C.C.C=COCCCC.CC(=O)OC(C)=O.CC(=O)c1ccc(C)c(Cl)c1Cl.CC(=O)c1ccc(I)c(Cl)c1Cl.CC(=O)c1ccc(N)c(Cl)c1Cl.CC(C)c1ccc(I)c(Cl)c1Cl.CC(O)c1ccc(I)c(Cl)c1Cl.Cc1ccc(Br)c(Cl)c1Cl.N=N.NC(N)c1ccc(I)c(Cl)c1Cl.Nc1ccc(Br)c(Cl)c1Cl.Nc1cccc(Cl)c1Cl.O.O=C1NC(=O)c2ccccc21.[2H]CF.[B].[B]=NS.[H-].[HH].[Na+].[Na+].[OH-]. The van der Waals surface area contributed by atoms with E-state index in [2.05, 4.69) is 184 Å². The number of unbranched alkanes of at least 4 members (excludes halogenated alkanes) is 1. The monoisotopic (exact) mass is 2900 g/mol. The van der Waals surface area contributed by atoms with E-state index in [1.54, 1.807) is 110 Å². The first-order valence-electron chi connectivity index (χ1n) is 37.2. The minimum Gasteiger partial charge on any atom is -1.00 e. The molecule has 0 saturated heterocycles. The summed E-state index contributed by atoms with van der Waals surface area (Å²) >= 11 is 123. The summed E-state index contributed by atoms with van der Waals surface area (Å²) in [5.41, 5.74) is 45.3. The van der Waals surface area contributed by atoms with Gasteiger partial charge >= 0.3 is 95.8 Å². The number of nitrogens with two attached hydrogens (primary N) is 5. The number of nitrogens with one attached hydrogen (secondary N) is 3. The summed E-state index contributed by atoms with van der Waals surface area (Å²) in [6.07, 6.45) is 2.65. The number of aryl methyl sites for hydroxylation is 2. The van der Waals surface area contributed by atoms with E-state index in [0.717, 1.165) is 52.9 Å². The molecular weight excluding hydrogens is 2810 g/mol. The Labute approximate surface area is 1040 Å². The van der Waals surface area contributed by atoms with Crippen LogP contribution in [0.5, 0.6) is 0 Å². The van der Waals surface area contributed by atoms with E-state index in [1.807, 2.05) is 50.2 Å². The van der Waals surface area contributed by atoms with Crippen molar-refractivity contribution in [3.05, 3.63) is 322 Å². The second-order valence-corrected chi connectivity index (χ2v) is 38.7. The zero-order valence-electron chi connectivity index (χ0n) is 77.1. The number of aliphatic hydroxyl groups is 1. The maximum absolute atomic E-state index is 11.0. The van der Waals surface area contributed by atoms with Gasteiger partial charge in [-0.3, -0.25) is 43.3 Å². The first-order chi connectivity index (χ1) is 62.3. The number of nitrogen functional groups attached to an aromatic ring is 3. The molecule has 51 heteroatoms. The molecule has 0 aromatic heterocycles. The van der Waals surface area contributed by atoms with Crippen LogP contribution < -0.4 is 93.1 Å². The van der Waals surface area contributed by atoms with Gasteiger partial charge in [-0.05, 0) is 284 Å². The van der Waals surface area contributed by atoms with E-state index in [0.29, 0.717) is 142 Å². The predicted octanol–water partition coefficient (Wildman–Crippen LogP) is 29.2. The number of esters is 2. The van der Waals surface area contributed by atoms with E-state index < -0.39 is 31.4 Å². The quantitative estimate of drug-likeness (QED) is 0.00485. The molecule has 1 heterocycles. The molecule has 1 atom stereocenters. The molecule has 762 valence electrons. The molecule has 140 heavy (non-hydrogen) atoms. The van der Waals surface area contributed by atoms with Gasteiger partial charge in [-0.1, -0.05) is 306 Å². The molecule has 4 radical (unpaired) electrons. The third-order valence-electron chi connectivity index (χ3n) is 15.1. The number of rotatable bonds is 10. The first-order valence-corrected chi connectivity index (χ1v) is 49.6. The Morgan fingerprint density at radius 3 is 1.14 bits per heavy atom. The van der Waals surface area contributed by atoms with Gasteiger partial charge in [-0.2, -0.15) is 0 Å². The number of amides is 2. The van der Waals surface area contributed by atoms with Crippen LogP contribution in [0, 0.1) is 39.2 Å². The summed E-state index contributed by atoms with van der Waals surface area (Å²) in [4.78, 5) is 74.4. The molecule has 1 aliphatic rings. The Morgan fingerprint density at radius 2 is 0.814 bits per heavy atom. The fourth-order valence-electron chi connectivity index (χ4n) is 8.51. The number of thiol groups is 1. The second-order valence-electron chi connectivity index (χ2n) is 25.3. The summed E-state index contributed by atoms with van der Waals surface area (Å²) in [6.45, 7) is 22.7. The molecular formula is C89H100B2Br2Cl18FI4N9Na2O12S. The number of ketones is 3. The topological polar surface area (TPSA) is 422 Å². The van der Waals surface area contributed by atoms with Crippen LogP contribution in [0.15, 0.2) is 166 Å². The molecule has 17 N–H and O–H groups in total. The maximum atomic E-state index is 11.0. The Kier molecular flexibility index (Phi) is 101. The number of fused-ring (bicyclic) bond motifs is 1. The van der Waals surface area contributed by atoms with Crippen LogP contribution in [-0.2, 0) is 19.1 Å². The van der Waals surface area contributed by atoms with E-state index in [4.69, 9.17) is 255 Å². The van der Waals surface area contributed by atoms with Crippen molar-refractivity contribution in [1.82, 2.24) is 5.32 Å². The molecule has 1 unspecified atom stereocenters. The molecule has 0 aliphatic carbocycles. The fourth-order valence-corrected chi connectivity index (χ4v) is 15.8. The Hall–Kier alpha value is -0.860. The van der Waals surface area contributed by atoms with Crippen molar-refractivity contribution >= 4 is 418 Å². The zero-order valence-corrected chi connectivity index (χ0v) is 105. The van der Waals surface area contributed by atoms with Crippen LogP contribution in [0.3, 0.4) is 0 Å². The molecule has 10 aromatic carbocycles. The van der Waals surface area contributed by atoms with Crippen molar-refractivity contribution in [2.24, 2.45) is 15.8 Å². The number of carbonyl (C=O) groups excluding carboxylic acids is 7. The number of carbonyl (C=O) groups is 7. The van der Waals surface area contributed by atoms with Crippen molar-refractivity contribution in [2.75, 3.05) is 31.0 Å². The Balaban J connectivity index is -0.000000116. The number of alkyl halides is 1. The number of nitrogens with zero attached hydrogens (tertiary/aromatic N) is 1. The number of halogens is 25. The zero-order chi connectivity index (χ0) is 105. The standard InChI is InChI=1S/C9H9Cl2I.C9H8Cl2O.C8H7Cl2IO.C8H5Cl2IO.C8H7Cl2NO.C8H5NO2.C7H5BrCl2.C7H7Cl2IN2.C6H4BrCl2N.C6H5Cl2N.C6H12O.C4H6O3.CH3F.2CH4.BHNS.B.H2N2.2Na.2H2O.H2.H/c1-5(2)6-3-4-7(12)9(11)8(6)10;1-5-3-4-7(6(2)12)9(11)8(5)10;3*1-4(12)5-2-3-6(11)8(10)7(5)9;10-7-5-3-1-2-4-6(5)8(11)9-7;1-4-2-3-5(8)7(10)6(4)9;8-5-3(7(11)12)1-2-4(10)6(5)9;7-3-1-2-4(10)6(9)5(3)8;7-4-2-1-3-5(9)6(4)8;1-3-5-6-7-4-2;1-3(5)7-4(2)6;1-2;;;1-2-3;;1-2;;;;;;/h3-5H,1-2H3;3-4H,1-2H3;2-4,12H,1H3;2-3H,1H3;2-3H,11H2,1H3;1-4H,(H,9,10,11);2-3H,1H3;1-2,7H,11-12H2;1-2H,10H2;1-3H,9H2;4H,2-3,5-6H2,1H3;1-2H3;1H3;2*1H4;3H;;1-2H;;;2*1H2;1H;/q;;;;;;;;;;;;;;;;;;2*+1;;;;-1/p-1/i;;;;;;;;;;;;1D;;;;;;;;;;;. The van der Waals surface area contributed by atoms with Crippen LogP contribution in [-0.4, -0.2) is 87.0 Å². The van der Waals surface area contributed by atoms with E-state index in [9.17, 15) is 43.1 Å². The minimum absolute atomic E-state index is 0. The smallest absolute Gasteiger partial charge is 1.00 e. The van der Waals surface area contributed by atoms with Crippen molar-refractivity contribution in [3.8, 4) is 0 Å². The van der Waals surface area contributed by atoms with E-state index in [1.165, 1.54) is 47.3 Å². The van der Waals surface area contributed by atoms with E-state index >= 15 is 0 Å². The molecule has 21 nitrogen and oxygen atoms in total. The van der Waals surface area contributed by atoms with Gasteiger partial charge in [0.05, 0.1) is 152 Å². The normalized spacial score (nSPS) is 9.76. The van der Waals surface area contributed by atoms with E-state index in [-0.39, 0.29) is 135 Å². The number of Topliss-reactive ketones (excluding diaryl/α,β-unsaturated/α-hetero) is 3. The largest absolute Gasteiger partial charge is 1.00 e. The molecule has 11 rings (SSSR count). The van der Waals surface area contributed by atoms with Crippen LogP contribution in [0.25, 0.3) is 0 Å². The van der Waals surface area contributed by atoms with Crippen molar-refractivity contribution < 1.29 is 127 Å². The summed E-state index contributed by atoms with van der Waals surface area (Å²) in [7, 11) is 3.34. The molecule has 0 fully saturated rings. The minimum atomic E-state index is -1.00. The molecule has 0 bridgehead atoms. The number of anilines is 3. The van der Waals surface area contributed by atoms with Gasteiger partial charge in [-0.15, -0.1) is 0 Å². The van der Waals surface area contributed by atoms with Crippen molar-refractivity contribution in [1.29, 1.82) is 11.1 Å². The summed E-state index contributed by atoms with van der Waals surface area (Å²) in [5, 5.41) is 19.8. The number of hydrogen-bond acceptors (Lipinski definition) is 20. The summed E-state index contributed by atoms with van der Waals surface area (Å²) in [6, 6.07) is 40.4. The molecule has 1 aliphatic heterocycles. The Morgan fingerprint density at radius 1 is 0.521 bits per heavy atom. The number of hydrogen-bond donors (Lipinski definition) is 10. The third kappa shape index (κ3) is 61.0. The first kappa shape index (κ1) is 159. The fraction of sp³-hybridized carbons (Fsp3) is 0.225. The van der Waals surface area contributed by atoms with Gasteiger partial charge in [0.15, 0.2) is 17.3 Å². The third-order valence-corrected chi connectivity index (χ3v) is 29.9. The molecule has 0 saturated carbocycles. The molecule has 10 aromatic rings. The van der Waals surface area contributed by atoms with Gasteiger partial charge in [-0.25, -0.2) is 11.1 Å². The van der Waals surface area contributed by atoms with Gasteiger partial charge in [0.1, 0.15) is 0 Å². The maximum Gasteiger partial charge on any atom is 1.00 e. The van der Waals surface area contributed by atoms with Gasteiger partial charge in [0.25, 0.3) is 11.8 Å². The van der Waals surface area contributed by atoms with Gasteiger partial charge < -0.3 is 55.6 Å². The Bertz CT molecular complexity index is 5160. The van der Waals surface area contributed by atoms with Crippen LogP contribution in [0.1, 0.15) is 192 Å². The number of imide groups is 1. The van der Waals surface area contributed by atoms with Crippen molar-refractivity contribution in [3.63, 3.8) is 0 Å². The molecule has 2 amide bonds. The average Bonchev–Trinajstić information content (AvgIpc) is 1.67. The van der Waals surface area contributed by atoms with Crippen LogP contribution in [0.4, 0.5) is 21.5 Å². The molecule has 0 spiro atoms. The second kappa shape index (κ2) is 88.7. The van der Waals surface area contributed by atoms with Gasteiger partial charge in [0, 0.05) is 74.7 Å². The number of benzene rings is 10. The summed E-state index contributed by atoms with van der Waals surface area (Å²) in [5.74, 6) is -1.56. The summed E-state index contributed by atoms with van der Waals surface area (Å²) < 4.78 is 32.2. The average molecular weight is 2910 g/mol. The predicted molar refractivity (Wildman–Crippen MR) is 632 cm³/mol. The van der Waals surface area contributed by atoms with Gasteiger partial charge in [0.2, 0.25) is 0 Å². The number of aliphatic hydroxyl groups excluding tert-OH is 1. The van der Waals surface area contributed by atoms with Crippen LogP contribution in [0.2, 0.25) is 90.4 Å². The number of ether oxygens (including phenoxy) is 2.